The van der Waals surface area contributed by atoms with Gasteiger partial charge in [-0.2, -0.15) is 0 Å². The van der Waals surface area contributed by atoms with E-state index in [-0.39, 0.29) is 18.4 Å². The topological polar surface area (TPSA) is 104 Å². The van der Waals surface area contributed by atoms with Crippen molar-refractivity contribution < 1.29 is 14.3 Å². The summed E-state index contributed by atoms with van der Waals surface area (Å²) in [6.07, 6.45) is 2.75. The molecule has 0 aromatic rings. The van der Waals surface area contributed by atoms with E-state index in [9.17, 15) is 9.59 Å². The Kier molecular flexibility index (Phi) is 8.37. The van der Waals surface area contributed by atoms with Crippen molar-refractivity contribution in [3.63, 3.8) is 0 Å². The Balaban J connectivity index is 3.48. The molecule has 0 saturated heterocycles. The van der Waals surface area contributed by atoms with Crippen molar-refractivity contribution in [3.8, 4) is 0 Å². The van der Waals surface area contributed by atoms with Crippen LogP contribution in [0.25, 0.3) is 10.4 Å². The summed E-state index contributed by atoms with van der Waals surface area (Å²) in [5, 5.41) is 5.78. The molecule has 0 aromatic carbocycles. The van der Waals surface area contributed by atoms with Crippen LogP contribution < -0.4 is 5.32 Å². The third kappa shape index (κ3) is 12.5. The van der Waals surface area contributed by atoms with Gasteiger partial charge < -0.3 is 10.1 Å². The normalized spacial score (nSPS) is 10.5. The maximum Gasteiger partial charge on any atom is 0.306 e. The first-order valence-corrected chi connectivity index (χ1v) is 6.34. The van der Waals surface area contributed by atoms with Crippen molar-refractivity contribution in [1.82, 2.24) is 5.32 Å². The molecule has 1 N–H and O–H groups in total. The van der Waals surface area contributed by atoms with Crippen LogP contribution in [-0.2, 0) is 14.3 Å². The van der Waals surface area contributed by atoms with Crippen LogP contribution in [0.1, 0.15) is 46.5 Å². The van der Waals surface area contributed by atoms with E-state index in [1.165, 1.54) is 0 Å². The number of carbonyl (C=O) groups excluding carboxylic acids is 2. The fraction of sp³-hybridized carbons (Fsp3) is 0.833. The Hall–Kier alpha value is -1.75. The molecule has 0 spiro atoms. The number of hydrogen-bond donors (Lipinski definition) is 1. The fourth-order valence-corrected chi connectivity index (χ4v) is 1.34. The quantitative estimate of drug-likeness (QED) is 0.240. The van der Waals surface area contributed by atoms with Gasteiger partial charge in [0.05, 0.1) is 0 Å². The van der Waals surface area contributed by atoms with Crippen LogP contribution in [0, 0.1) is 0 Å². The molecule has 7 heteroatoms. The molecule has 19 heavy (non-hydrogen) atoms. The lowest BCUT2D eigenvalue weighted by molar-refractivity contribution is -0.154. The maximum absolute atomic E-state index is 11.4. The van der Waals surface area contributed by atoms with E-state index >= 15 is 0 Å². The molecular formula is C12H22N4O3. The van der Waals surface area contributed by atoms with Crippen molar-refractivity contribution >= 4 is 11.9 Å². The number of rotatable bonds is 8. The van der Waals surface area contributed by atoms with Gasteiger partial charge in [-0.3, -0.25) is 9.59 Å². The van der Waals surface area contributed by atoms with E-state index in [4.69, 9.17) is 10.3 Å². The van der Waals surface area contributed by atoms with Crippen molar-refractivity contribution in [3.05, 3.63) is 10.4 Å². The van der Waals surface area contributed by atoms with Crippen molar-refractivity contribution in [2.75, 3.05) is 13.1 Å². The van der Waals surface area contributed by atoms with Crippen molar-refractivity contribution in [1.29, 1.82) is 0 Å². The summed E-state index contributed by atoms with van der Waals surface area (Å²) in [6, 6.07) is 0. The molecule has 0 aliphatic heterocycles. The third-order valence-corrected chi connectivity index (χ3v) is 2.08. The zero-order chi connectivity index (χ0) is 14.7. The molecule has 7 nitrogen and oxygen atoms in total. The molecule has 0 unspecified atom stereocenters. The second-order valence-corrected chi connectivity index (χ2v) is 5.14. The van der Waals surface area contributed by atoms with E-state index in [2.05, 4.69) is 15.3 Å². The molecule has 0 aliphatic rings. The zero-order valence-corrected chi connectivity index (χ0v) is 11.8. The highest BCUT2D eigenvalue weighted by molar-refractivity contribution is 5.78. The highest BCUT2D eigenvalue weighted by Crippen LogP contribution is 2.10. The third-order valence-electron chi connectivity index (χ3n) is 2.08. The van der Waals surface area contributed by atoms with Gasteiger partial charge in [0.15, 0.2) is 0 Å². The maximum atomic E-state index is 11.4. The summed E-state index contributed by atoms with van der Waals surface area (Å²) in [7, 11) is 0. The van der Waals surface area contributed by atoms with E-state index in [1.54, 1.807) is 0 Å². The predicted molar refractivity (Wildman–Crippen MR) is 71.3 cm³/mol. The molecule has 1 amide bonds. The van der Waals surface area contributed by atoms with Gasteiger partial charge in [0.2, 0.25) is 5.91 Å². The number of ether oxygens (including phenoxy) is 1. The minimum atomic E-state index is -0.438. The molecular weight excluding hydrogens is 248 g/mol. The Morgan fingerprint density at radius 1 is 1.26 bits per heavy atom. The standard InChI is InChI=1S/C12H22N4O3/c1-12(2,3)19-11(18)7-5-4-6-8-14-10(17)9-15-16-13/h4-9H2,1-3H3,(H,14,17). The molecule has 0 heterocycles. The smallest absolute Gasteiger partial charge is 0.306 e. The number of esters is 1. The van der Waals surface area contributed by atoms with Crippen molar-refractivity contribution in [2.45, 2.75) is 52.1 Å². The van der Waals surface area contributed by atoms with Gasteiger partial charge in [0.1, 0.15) is 12.1 Å². The minimum absolute atomic E-state index is 0.172. The Morgan fingerprint density at radius 3 is 2.53 bits per heavy atom. The number of hydrogen-bond acceptors (Lipinski definition) is 4. The average Bonchev–Trinajstić information content (AvgIpc) is 2.28. The van der Waals surface area contributed by atoms with E-state index in [0.717, 1.165) is 19.3 Å². The molecule has 0 rings (SSSR count). The van der Waals surface area contributed by atoms with Crippen LogP contribution in [0.5, 0.6) is 0 Å². The van der Waals surface area contributed by atoms with E-state index in [1.807, 2.05) is 20.8 Å². The number of azide groups is 1. The number of nitrogens with zero attached hydrogens (tertiary/aromatic N) is 3. The summed E-state index contributed by atoms with van der Waals surface area (Å²) in [5.74, 6) is -0.482. The molecule has 0 atom stereocenters. The molecule has 0 fully saturated rings. The Bertz CT molecular complexity index is 343. The lowest BCUT2D eigenvalue weighted by atomic mass is 10.1. The second-order valence-electron chi connectivity index (χ2n) is 5.14. The number of unbranched alkanes of at least 4 members (excludes halogenated alkanes) is 2. The molecule has 0 aliphatic carbocycles. The van der Waals surface area contributed by atoms with Gasteiger partial charge in [-0.05, 0) is 39.1 Å². The van der Waals surface area contributed by atoms with Crippen molar-refractivity contribution in [2.24, 2.45) is 5.11 Å². The minimum Gasteiger partial charge on any atom is -0.460 e. The van der Waals surface area contributed by atoms with Gasteiger partial charge >= 0.3 is 5.97 Å². The van der Waals surface area contributed by atoms with E-state index < -0.39 is 5.60 Å². The van der Waals surface area contributed by atoms with Crippen LogP contribution in [0.15, 0.2) is 5.11 Å². The summed E-state index contributed by atoms with van der Waals surface area (Å²) in [6.45, 7) is 5.86. The van der Waals surface area contributed by atoms with Gasteiger partial charge in [-0.25, -0.2) is 0 Å². The molecule has 0 bridgehead atoms. The Labute approximate surface area is 113 Å². The summed E-state index contributed by atoms with van der Waals surface area (Å²) < 4.78 is 5.17. The number of nitrogens with one attached hydrogen (secondary N) is 1. The van der Waals surface area contributed by atoms with Crippen LogP contribution in [-0.4, -0.2) is 30.6 Å². The molecule has 0 radical (unpaired) electrons. The summed E-state index contributed by atoms with van der Waals surface area (Å²) in [5.41, 5.74) is 7.59. The highest BCUT2D eigenvalue weighted by atomic mass is 16.6. The molecule has 0 aromatic heterocycles. The second kappa shape index (κ2) is 9.22. The SMILES string of the molecule is CC(C)(C)OC(=O)CCCCCNC(=O)CN=[N+]=[N-]. The lowest BCUT2D eigenvalue weighted by Crippen LogP contribution is -2.26. The van der Waals surface area contributed by atoms with Gasteiger partial charge in [-0.1, -0.05) is 11.5 Å². The van der Waals surface area contributed by atoms with Crippen LogP contribution in [0.3, 0.4) is 0 Å². The first kappa shape index (κ1) is 17.2. The number of amides is 1. The fourth-order valence-electron chi connectivity index (χ4n) is 1.34. The first-order chi connectivity index (χ1) is 8.85. The highest BCUT2D eigenvalue weighted by Gasteiger charge is 2.15. The molecule has 108 valence electrons. The zero-order valence-electron chi connectivity index (χ0n) is 11.8. The molecule has 0 saturated carbocycles. The van der Waals surface area contributed by atoms with Gasteiger partial charge in [-0.15, -0.1) is 0 Å². The van der Waals surface area contributed by atoms with Crippen LogP contribution in [0.2, 0.25) is 0 Å². The van der Waals surface area contributed by atoms with Gasteiger partial charge in [0, 0.05) is 17.9 Å². The first-order valence-electron chi connectivity index (χ1n) is 6.34. The monoisotopic (exact) mass is 270 g/mol. The largest absolute Gasteiger partial charge is 0.460 e. The van der Waals surface area contributed by atoms with Crippen LogP contribution >= 0.6 is 0 Å². The average molecular weight is 270 g/mol. The van der Waals surface area contributed by atoms with Gasteiger partial charge in [0.25, 0.3) is 0 Å². The summed E-state index contributed by atoms with van der Waals surface area (Å²) in [4.78, 5) is 24.9. The van der Waals surface area contributed by atoms with Crippen LogP contribution in [0.4, 0.5) is 0 Å². The number of carbonyl (C=O) groups is 2. The lowest BCUT2D eigenvalue weighted by Gasteiger charge is -2.19. The summed E-state index contributed by atoms with van der Waals surface area (Å²) >= 11 is 0. The Morgan fingerprint density at radius 2 is 1.95 bits per heavy atom. The predicted octanol–water partition coefficient (Wildman–Crippen LogP) is 2.32. The van der Waals surface area contributed by atoms with E-state index in [0.29, 0.717) is 13.0 Å².